The van der Waals surface area contributed by atoms with Gasteiger partial charge in [-0.2, -0.15) is 0 Å². The van der Waals surface area contributed by atoms with Gasteiger partial charge in [0.2, 0.25) is 0 Å². The number of rotatable bonds is 6. The van der Waals surface area contributed by atoms with Crippen molar-refractivity contribution in [2.75, 3.05) is 6.54 Å². The fraction of sp³-hybridized carbons (Fsp3) is 0.400. The first-order valence-corrected chi connectivity index (χ1v) is 6.69. The molecule has 0 aliphatic heterocycles. The van der Waals surface area contributed by atoms with E-state index in [0.29, 0.717) is 17.5 Å². The van der Waals surface area contributed by atoms with Crippen molar-refractivity contribution < 1.29 is 4.39 Å². The maximum atomic E-state index is 14.2. The molecule has 0 amide bonds. The van der Waals surface area contributed by atoms with Gasteiger partial charge < -0.3 is 10.3 Å². The highest BCUT2D eigenvalue weighted by molar-refractivity contribution is 5.28. The van der Waals surface area contributed by atoms with Crippen molar-refractivity contribution in [1.82, 2.24) is 15.3 Å². The average molecular weight is 261 g/mol. The molecule has 4 heteroatoms. The maximum absolute atomic E-state index is 14.2. The normalized spacial score (nSPS) is 12.6. The lowest BCUT2D eigenvalue weighted by molar-refractivity contribution is 0.488. The second-order valence-electron chi connectivity index (χ2n) is 4.72. The Bertz CT molecular complexity index is 508. The summed E-state index contributed by atoms with van der Waals surface area (Å²) in [6, 6.07) is 5.49. The van der Waals surface area contributed by atoms with Crippen LogP contribution in [0, 0.1) is 12.7 Å². The molecule has 0 radical (unpaired) electrons. The van der Waals surface area contributed by atoms with E-state index in [2.05, 4.69) is 22.2 Å². The highest BCUT2D eigenvalue weighted by atomic mass is 19.1. The number of nitrogens with one attached hydrogen (secondary N) is 2. The molecule has 0 spiro atoms. The van der Waals surface area contributed by atoms with Crippen molar-refractivity contribution in [2.45, 2.75) is 32.7 Å². The van der Waals surface area contributed by atoms with Crippen LogP contribution in [0.15, 0.2) is 30.6 Å². The van der Waals surface area contributed by atoms with Crippen LogP contribution in [0.4, 0.5) is 4.39 Å². The first-order valence-electron chi connectivity index (χ1n) is 6.69. The fourth-order valence-electron chi connectivity index (χ4n) is 2.15. The van der Waals surface area contributed by atoms with Crippen LogP contribution in [0.1, 0.15) is 36.3 Å². The SMILES string of the molecule is CCCNC(Cc1ncc[nH]1)c1cccc(C)c1F. The van der Waals surface area contributed by atoms with Crippen LogP contribution in [0.3, 0.4) is 0 Å². The third kappa shape index (κ3) is 3.41. The molecule has 1 unspecified atom stereocenters. The third-order valence-corrected chi connectivity index (χ3v) is 3.19. The van der Waals surface area contributed by atoms with E-state index in [9.17, 15) is 4.39 Å². The molecule has 1 atom stereocenters. The number of aromatic nitrogens is 2. The smallest absolute Gasteiger partial charge is 0.130 e. The zero-order chi connectivity index (χ0) is 13.7. The Morgan fingerprint density at radius 3 is 2.95 bits per heavy atom. The Morgan fingerprint density at radius 2 is 2.26 bits per heavy atom. The lowest BCUT2D eigenvalue weighted by Gasteiger charge is -2.19. The quantitative estimate of drug-likeness (QED) is 0.838. The van der Waals surface area contributed by atoms with Gasteiger partial charge in [0.05, 0.1) is 0 Å². The summed E-state index contributed by atoms with van der Waals surface area (Å²) in [5.74, 6) is 0.747. The van der Waals surface area contributed by atoms with Crippen LogP contribution in [-0.4, -0.2) is 16.5 Å². The summed E-state index contributed by atoms with van der Waals surface area (Å²) in [4.78, 5) is 7.30. The predicted octanol–water partition coefficient (Wildman–Crippen LogP) is 3.14. The zero-order valence-electron chi connectivity index (χ0n) is 11.4. The van der Waals surface area contributed by atoms with Gasteiger partial charge in [0, 0.05) is 30.4 Å². The van der Waals surface area contributed by atoms with Crippen molar-refractivity contribution >= 4 is 0 Å². The number of imidazole rings is 1. The van der Waals surface area contributed by atoms with E-state index in [0.717, 1.165) is 18.8 Å². The van der Waals surface area contributed by atoms with Crippen molar-refractivity contribution in [1.29, 1.82) is 0 Å². The molecule has 2 aromatic rings. The third-order valence-electron chi connectivity index (χ3n) is 3.19. The molecule has 0 saturated carbocycles. The van der Waals surface area contributed by atoms with Crippen molar-refractivity contribution in [3.63, 3.8) is 0 Å². The highest BCUT2D eigenvalue weighted by Crippen LogP contribution is 2.22. The second-order valence-corrected chi connectivity index (χ2v) is 4.72. The first kappa shape index (κ1) is 13.7. The number of hydrogen-bond acceptors (Lipinski definition) is 2. The standard InChI is InChI=1S/C15H20FN3/c1-3-7-17-13(10-14-18-8-9-19-14)12-6-4-5-11(2)15(12)16/h4-6,8-9,13,17H,3,7,10H2,1-2H3,(H,18,19). The molecule has 0 aliphatic rings. The van der Waals surface area contributed by atoms with E-state index in [1.54, 1.807) is 25.4 Å². The Kier molecular flexibility index (Phi) is 4.68. The number of hydrogen-bond donors (Lipinski definition) is 2. The number of H-pyrrole nitrogens is 1. The molecule has 3 nitrogen and oxygen atoms in total. The lowest BCUT2D eigenvalue weighted by Crippen LogP contribution is -2.25. The summed E-state index contributed by atoms with van der Waals surface area (Å²) >= 11 is 0. The van der Waals surface area contributed by atoms with Crippen molar-refractivity contribution in [3.05, 3.63) is 53.4 Å². The Labute approximate surface area is 113 Å². The number of nitrogens with zero attached hydrogens (tertiary/aromatic N) is 1. The van der Waals surface area contributed by atoms with Gasteiger partial charge in [0.25, 0.3) is 0 Å². The van der Waals surface area contributed by atoms with E-state index in [4.69, 9.17) is 0 Å². The summed E-state index contributed by atoms with van der Waals surface area (Å²) < 4.78 is 14.2. The molecule has 0 aliphatic carbocycles. The van der Waals surface area contributed by atoms with Crippen molar-refractivity contribution in [3.8, 4) is 0 Å². The van der Waals surface area contributed by atoms with Gasteiger partial charge in [-0.3, -0.25) is 0 Å². The molecule has 19 heavy (non-hydrogen) atoms. The molecule has 1 aromatic heterocycles. The summed E-state index contributed by atoms with van der Waals surface area (Å²) in [7, 11) is 0. The van der Waals surface area contributed by atoms with Gasteiger partial charge in [0.15, 0.2) is 0 Å². The Balaban J connectivity index is 2.23. The molecule has 2 N–H and O–H groups in total. The van der Waals surface area contributed by atoms with Gasteiger partial charge in [-0.1, -0.05) is 25.1 Å². The summed E-state index contributed by atoms with van der Waals surface area (Å²) in [5.41, 5.74) is 1.39. The Morgan fingerprint density at radius 1 is 1.42 bits per heavy atom. The molecule has 0 saturated heterocycles. The largest absolute Gasteiger partial charge is 0.349 e. The van der Waals surface area contributed by atoms with Gasteiger partial charge in [-0.25, -0.2) is 9.37 Å². The predicted molar refractivity (Wildman–Crippen MR) is 74.5 cm³/mol. The number of halogens is 1. The van der Waals surface area contributed by atoms with E-state index < -0.39 is 0 Å². The summed E-state index contributed by atoms with van der Waals surface area (Å²) in [6.07, 6.45) is 5.19. The molecule has 2 rings (SSSR count). The fourth-order valence-corrected chi connectivity index (χ4v) is 2.15. The van der Waals surface area contributed by atoms with Crippen LogP contribution < -0.4 is 5.32 Å². The second kappa shape index (κ2) is 6.48. The van der Waals surface area contributed by atoms with Gasteiger partial charge in [-0.05, 0) is 25.5 Å². The van der Waals surface area contributed by atoms with Crippen molar-refractivity contribution in [2.24, 2.45) is 0 Å². The van der Waals surface area contributed by atoms with Crippen LogP contribution >= 0.6 is 0 Å². The number of aryl methyl sites for hydroxylation is 1. The van der Waals surface area contributed by atoms with Gasteiger partial charge in [0.1, 0.15) is 11.6 Å². The molecule has 1 heterocycles. The van der Waals surface area contributed by atoms with Crippen LogP contribution in [0.25, 0.3) is 0 Å². The number of benzene rings is 1. The van der Waals surface area contributed by atoms with Crippen LogP contribution in [0.2, 0.25) is 0 Å². The van der Waals surface area contributed by atoms with E-state index in [1.165, 1.54) is 0 Å². The maximum Gasteiger partial charge on any atom is 0.130 e. The minimum Gasteiger partial charge on any atom is -0.349 e. The monoisotopic (exact) mass is 261 g/mol. The van der Waals surface area contributed by atoms with Crippen LogP contribution in [-0.2, 0) is 6.42 Å². The van der Waals surface area contributed by atoms with Crippen LogP contribution in [0.5, 0.6) is 0 Å². The zero-order valence-corrected chi connectivity index (χ0v) is 11.4. The minimum absolute atomic E-state index is 0.0500. The minimum atomic E-state index is -0.123. The first-order chi connectivity index (χ1) is 9.22. The molecule has 102 valence electrons. The van der Waals surface area contributed by atoms with Gasteiger partial charge in [-0.15, -0.1) is 0 Å². The lowest BCUT2D eigenvalue weighted by atomic mass is 10.00. The highest BCUT2D eigenvalue weighted by Gasteiger charge is 2.17. The topological polar surface area (TPSA) is 40.7 Å². The Hall–Kier alpha value is -1.68. The summed E-state index contributed by atoms with van der Waals surface area (Å²) in [6.45, 7) is 4.75. The van der Waals surface area contributed by atoms with E-state index >= 15 is 0 Å². The number of aromatic amines is 1. The molecule has 0 fully saturated rings. The molecular formula is C15H20FN3. The average Bonchev–Trinajstić information content (AvgIpc) is 2.91. The summed E-state index contributed by atoms with van der Waals surface area (Å²) in [5, 5.41) is 3.39. The van der Waals surface area contributed by atoms with Gasteiger partial charge >= 0.3 is 0 Å². The van der Waals surface area contributed by atoms with E-state index in [-0.39, 0.29) is 11.9 Å². The molecule has 1 aromatic carbocycles. The molecular weight excluding hydrogens is 241 g/mol. The molecule has 0 bridgehead atoms. The van der Waals surface area contributed by atoms with E-state index in [1.807, 2.05) is 12.1 Å².